The molecule has 0 saturated heterocycles. The molecule has 2 unspecified atom stereocenters. The van der Waals surface area contributed by atoms with Crippen LogP contribution in [-0.4, -0.2) is 52.4 Å². The highest BCUT2D eigenvalue weighted by atomic mass is 16.6. The Morgan fingerprint density at radius 2 is 1.91 bits per heavy atom. The Labute approximate surface area is 200 Å². The Bertz CT molecular complexity index is 1030. The van der Waals surface area contributed by atoms with Gasteiger partial charge in [-0.2, -0.15) is 0 Å². The molecular formula is C27H36O7. The van der Waals surface area contributed by atoms with Crippen LogP contribution in [0.25, 0.3) is 0 Å². The van der Waals surface area contributed by atoms with E-state index in [1.807, 2.05) is 6.92 Å². The van der Waals surface area contributed by atoms with E-state index in [-0.39, 0.29) is 34.5 Å². The van der Waals surface area contributed by atoms with Gasteiger partial charge in [-0.25, -0.2) is 4.79 Å². The van der Waals surface area contributed by atoms with Crippen molar-refractivity contribution in [3.8, 4) is 0 Å². The zero-order valence-corrected chi connectivity index (χ0v) is 21.0. The number of ether oxygens (including phenoxy) is 2. The first-order chi connectivity index (χ1) is 15.8. The van der Waals surface area contributed by atoms with Crippen molar-refractivity contribution in [3.05, 3.63) is 34.9 Å². The molecular weight excluding hydrogens is 436 g/mol. The fourth-order valence-electron chi connectivity index (χ4n) is 7.31. The third-order valence-electron chi connectivity index (χ3n) is 9.15. The third kappa shape index (κ3) is 2.99. The van der Waals surface area contributed by atoms with Crippen LogP contribution in [0.2, 0.25) is 0 Å². The standard InChI is InChI=1S/C27H36O7/c1-8-13(2)24(32)33-23-14(3)11-26-15(4)9-19-20(25(19,6)7)18(22(26)31)10-17(12-28)21(30)27(23,26)34-16(5)29/h8,10-11,15,18-21,23,28,30H,9,12H2,1-7H3/b13-8-/t15-,18?,19-,20+,21-,23+,26?,27+/m1/s1. The number of aliphatic hydroxyl groups is 2. The molecule has 34 heavy (non-hydrogen) atoms. The van der Waals surface area contributed by atoms with Gasteiger partial charge >= 0.3 is 11.9 Å². The van der Waals surface area contributed by atoms with Crippen molar-refractivity contribution >= 4 is 17.7 Å². The summed E-state index contributed by atoms with van der Waals surface area (Å²) in [5.41, 5.74) is -2.26. The van der Waals surface area contributed by atoms with Crippen LogP contribution in [-0.2, 0) is 23.9 Å². The number of aliphatic hydroxyl groups excluding tert-OH is 2. The first kappa shape index (κ1) is 24.9. The molecule has 186 valence electrons. The maximum atomic E-state index is 14.5. The van der Waals surface area contributed by atoms with Crippen molar-refractivity contribution in [1.82, 2.24) is 0 Å². The van der Waals surface area contributed by atoms with E-state index in [4.69, 9.17) is 9.47 Å². The van der Waals surface area contributed by atoms with Gasteiger partial charge in [-0.3, -0.25) is 9.59 Å². The predicted octanol–water partition coefficient (Wildman–Crippen LogP) is 2.90. The van der Waals surface area contributed by atoms with Crippen LogP contribution < -0.4 is 0 Å². The van der Waals surface area contributed by atoms with Gasteiger partial charge in [-0.05, 0) is 61.5 Å². The van der Waals surface area contributed by atoms with Crippen molar-refractivity contribution in [2.45, 2.75) is 72.7 Å². The summed E-state index contributed by atoms with van der Waals surface area (Å²) in [6.07, 6.45) is 3.05. The maximum absolute atomic E-state index is 14.5. The molecule has 2 saturated carbocycles. The molecule has 0 aromatic carbocycles. The topological polar surface area (TPSA) is 110 Å². The summed E-state index contributed by atoms with van der Waals surface area (Å²) in [7, 11) is 0. The van der Waals surface area contributed by atoms with Gasteiger partial charge in [-0.15, -0.1) is 0 Å². The first-order valence-corrected chi connectivity index (χ1v) is 12.1. The van der Waals surface area contributed by atoms with Crippen LogP contribution in [0.4, 0.5) is 0 Å². The Hall–Kier alpha value is -2.25. The van der Waals surface area contributed by atoms with Crippen LogP contribution in [0.1, 0.15) is 54.9 Å². The Kier molecular flexibility index (Phi) is 5.77. The molecule has 2 N–H and O–H groups in total. The summed E-state index contributed by atoms with van der Waals surface area (Å²) < 4.78 is 11.9. The lowest BCUT2D eigenvalue weighted by Crippen LogP contribution is -2.67. The molecule has 0 aromatic rings. The minimum Gasteiger partial charge on any atom is -0.450 e. The van der Waals surface area contributed by atoms with Crippen LogP contribution in [0.5, 0.6) is 0 Å². The summed E-state index contributed by atoms with van der Waals surface area (Å²) in [6.45, 7) is 12.0. The number of Topliss-reactive ketones (excluding diaryl/α,β-unsaturated/α-hetero) is 1. The van der Waals surface area contributed by atoms with E-state index in [1.54, 1.807) is 39.0 Å². The number of hydrogen-bond acceptors (Lipinski definition) is 7. The van der Waals surface area contributed by atoms with Crippen molar-refractivity contribution in [3.63, 3.8) is 0 Å². The number of allylic oxidation sites excluding steroid dienone is 2. The number of fused-ring (bicyclic) bond motifs is 3. The van der Waals surface area contributed by atoms with Crippen molar-refractivity contribution < 1.29 is 34.1 Å². The van der Waals surface area contributed by atoms with Crippen LogP contribution in [0.15, 0.2) is 34.9 Å². The van der Waals surface area contributed by atoms with E-state index < -0.39 is 47.7 Å². The second-order valence-corrected chi connectivity index (χ2v) is 11.2. The molecule has 8 atom stereocenters. The maximum Gasteiger partial charge on any atom is 0.334 e. The van der Waals surface area contributed by atoms with Gasteiger partial charge in [0.1, 0.15) is 6.10 Å². The van der Waals surface area contributed by atoms with Gasteiger partial charge < -0.3 is 19.7 Å². The minimum atomic E-state index is -1.91. The Morgan fingerprint density at radius 3 is 2.47 bits per heavy atom. The lowest BCUT2D eigenvalue weighted by atomic mass is 9.58. The zero-order valence-electron chi connectivity index (χ0n) is 21.0. The fourth-order valence-corrected chi connectivity index (χ4v) is 7.31. The van der Waals surface area contributed by atoms with E-state index in [0.29, 0.717) is 17.6 Å². The summed E-state index contributed by atoms with van der Waals surface area (Å²) in [5.74, 6) is -1.99. The molecule has 0 radical (unpaired) electrons. The highest BCUT2D eigenvalue weighted by molar-refractivity contribution is 5.96. The van der Waals surface area contributed by atoms with E-state index in [0.717, 1.165) is 0 Å². The SMILES string of the molecule is C/C=C(/C)C(=O)O[C@H]1C(C)=CC23C(=O)C(C=C(CO)[C@@H](O)[C@]12OC(C)=O)[C@H]1[C@@H](C[C@H]3C)C1(C)C. The number of hydrogen-bond donors (Lipinski definition) is 2. The van der Waals surface area contributed by atoms with Gasteiger partial charge in [0.15, 0.2) is 17.5 Å². The Morgan fingerprint density at radius 1 is 1.26 bits per heavy atom. The Balaban J connectivity index is 2.00. The van der Waals surface area contributed by atoms with Crippen LogP contribution >= 0.6 is 0 Å². The van der Waals surface area contributed by atoms with Gasteiger partial charge in [0.2, 0.25) is 0 Å². The minimum absolute atomic E-state index is 0.0566. The lowest BCUT2D eigenvalue weighted by molar-refractivity contribution is -0.221. The molecule has 4 rings (SSSR count). The molecule has 4 aliphatic rings. The number of rotatable bonds is 4. The average molecular weight is 473 g/mol. The summed E-state index contributed by atoms with van der Waals surface area (Å²) in [6, 6.07) is 0. The van der Waals surface area contributed by atoms with Crippen molar-refractivity contribution in [1.29, 1.82) is 0 Å². The third-order valence-corrected chi connectivity index (χ3v) is 9.15. The molecule has 1 spiro atoms. The van der Waals surface area contributed by atoms with E-state index in [1.165, 1.54) is 6.92 Å². The number of carbonyl (C=O) groups is 3. The smallest absolute Gasteiger partial charge is 0.334 e. The highest BCUT2D eigenvalue weighted by Gasteiger charge is 2.78. The highest BCUT2D eigenvalue weighted by Crippen LogP contribution is 2.72. The van der Waals surface area contributed by atoms with Crippen LogP contribution in [0.3, 0.4) is 0 Å². The number of ketones is 1. The van der Waals surface area contributed by atoms with Gasteiger partial charge in [0.25, 0.3) is 0 Å². The molecule has 2 fully saturated rings. The average Bonchev–Trinajstić information content (AvgIpc) is 3.25. The summed E-state index contributed by atoms with van der Waals surface area (Å²) >= 11 is 0. The predicted molar refractivity (Wildman–Crippen MR) is 124 cm³/mol. The van der Waals surface area contributed by atoms with E-state index in [2.05, 4.69) is 13.8 Å². The molecule has 0 heterocycles. The quantitative estimate of drug-likeness (QED) is 0.368. The lowest BCUT2D eigenvalue weighted by Gasteiger charge is -2.51. The normalized spacial score (nSPS) is 42.4. The molecule has 7 nitrogen and oxygen atoms in total. The van der Waals surface area contributed by atoms with Crippen molar-refractivity contribution in [2.75, 3.05) is 6.61 Å². The van der Waals surface area contributed by atoms with Gasteiger partial charge in [-0.1, -0.05) is 39.0 Å². The second kappa shape index (κ2) is 7.89. The molecule has 4 aliphatic carbocycles. The molecule has 0 aromatic heterocycles. The molecule has 2 bridgehead atoms. The number of esters is 2. The monoisotopic (exact) mass is 472 g/mol. The molecule has 0 amide bonds. The van der Waals surface area contributed by atoms with Crippen molar-refractivity contribution in [2.24, 2.45) is 34.5 Å². The number of carbonyl (C=O) groups excluding carboxylic acids is 3. The van der Waals surface area contributed by atoms with Crippen LogP contribution in [0, 0.1) is 34.5 Å². The summed E-state index contributed by atoms with van der Waals surface area (Å²) in [5, 5.41) is 22.1. The first-order valence-electron chi connectivity index (χ1n) is 12.1. The second-order valence-electron chi connectivity index (χ2n) is 11.2. The summed E-state index contributed by atoms with van der Waals surface area (Å²) in [4.78, 5) is 40.0. The molecule has 7 heteroatoms. The van der Waals surface area contributed by atoms with Gasteiger partial charge in [0.05, 0.1) is 12.0 Å². The fraction of sp³-hybridized carbons (Fsp3) is 0.667. The zero-order chi connectivity index (χ0) is 25.4. The molecule has 0 aliphatic heterocycles. The van der Waals surface area contributed by atoms with E-state index >= 15 is 0 Å². The largest absolute Gasteiger partial charge is 0.450 e. The van der Waals surface area contributed by atoms with E-state index in [9.17, 15) is 24.6 Å². The van der Waals surface area contributed by atoms with Gasteiger partial charge in [0, 0.05) is 18.4 Å².